The van der Waals surface area contributed by atoms with Crippen molar-refractivity contribution in [2.24, 2.45) is 5.92 Å². The van der Waals surface area contributed by atoms with Crippen molar-refractivity contribution in [1.82, 2.24) is 0 Å². The van der Waals surface area contributed by atoms with Crippen molar-refractivity contribution in [1.29, 1.82) is 0 Å². The summed E-state index contributed by atoms with van der Waals surface area (Å²) in [6.45, 7) is 8.49. The van der Waals surface area contributed by atoms with Crippen molar-refractivity contribution < 1.29 is 5.11 Å². The summed E-state index contributed by atoms with van der Waals surface area (Å²) in [4.78, 5) is 0. The Bertz CT molecular complexity index is 358. The van der Waals surface area contributed by atoms with Crippen molar-refractivity contribution in [3.8, 4) is 0 Å². The molecule has 0 bridgehead atoms. The smallest absolute Gasteiger partial charge is 0.0792 e. The summed E-state index contributed by atoms with van der Waals surface area (Å²) in [5.41, 5.74) is 3.42. The molecule has 0 radical (unpaired) electrons. The van der Waals surface area contributed by atoms with E-state index >= 15 is 0 Å². The van der Waals surface area contributed by atoms with E-state index in [4.69, 9.17) is 0 Å². The number of hydrogen-bond acceptors (Lipinski definition) is 1. The second-order valence-corrected chi connectivity index (χ2v) is 5.80. The van der Waals surface area contributed by atoms with Crippen LogP contribution in [0.4, 0.5) is 0 Å². The average Bonchev–Trinajstić information content (AvgIpc) is 2.20. The van der Waals surface area contributed by atoms with Crippen LogP contribution in [0, 0.1) is 19.8 Å². The Morgan fingerprint density at radius 2 is 1.75 bits per heavy atom. The highest BCUT2D eigenvalue weighted by atomic mass is 79.9. The lowest BCUT2D eigenvalue weighted by Gasteiger charge is -2.16. The van der Waals surface area contributed by atoms with Crippen LogP contribution in [0.15, 0.2) is 16.6 Å². The van der Waals surface area contributed by atoms with Crippen LogP contribution in [0.5, 0.6) is 0 Å². The molecule has 90 valence electrons. The average molecular weight is 285 g/mol. The van der Waals surface area contributed by atoms with Gasteiger partial charge in [0.1, 0.15) is 0 Å². The molecule has 0 spiro atoms. The Morgan fingerprint density at radius 3 is 2.31 bits per heavy atom. The summed E-state index contributed by atoms with van der Waals surface area (Å²) >= 11 is 3.51. The molecule has 0 aliphatic rings. The summed E-state index contributed by atoms with van der Waals surface area (Å²) in [6, 6.07) is 4.17. The summed E-state index contributed by atoms with van der Waals surface area (Å²) in [7, 11) is 0. The van der Waals surface area contributed by atoms with Gasteiger partial charge in [-0.1, -0.05) is 35.8 Å². The van der Waals surface area contributed by atoms with Gasteiger partial charge in [0.2, 0.25) is 0 Å². The number of hydrogen-bond donors (Lipinski definition) is 1. The molecule has 0 saturated carbocycles. The lowest BCUT2D eigenvalue weighted by atomic mass is 9.95. The van der Waals surface area contributed by atoms with E-state index in [9.17, 15) is 5.11 Å². The van der Waals surface area contributed by atoms with Crippen LogP contribution >= 0.6 is 15.9 Å². The molecule has 1 aromatic rings. The summed E-state index contributed by atoms with van der Waals surface area (Å²) < 4.78 is 1.12. The second kappa shape index (κ2) is 5.83. The van der Waals surface area contributed by atoms with E-state index in [2.05, 4.69) is 55.8 Å². The topological polar surface area (TPSA) is 20.2 Å². The Balaban J connectivity index is 2.82. The SMILES string of the molecule is Cc1cc(C(O)CCC(C)C)c(C)cc1Br. The molecule has 1 N–H and O–H groups in total. The van der Waals surface area contributed by atoms with Crippen LogP contribution < -0.4 is 0 Å². The third-order valence-electron chi connectivity index (χ3n) is 2.92. The molecule has 1 nitrogen and oxygen atoms in total. The number of aliphatic hydroxyl groups excluding tert-OH is 1. The van der Waals surface area contributed by atoms with Crippen molar-refractivity contribution in [3.63, 3.8) is 0 Å². The maximum absolute atomic E-state index is 10.2. The molecule has 0 heterocycles. The van der Waals surface area contributed by atoms with Crippen LogP contribution in [0.2, 0.25) is 0 Å². The van der Waals surface area contributed by atoms with E-state index in [1.54, 1.807) is 0 Å². The van der Waals surface area contributed by atoms with Gasteiger partial charge in [0.15, 0.2) is 0 Å². The minimum absolute atomic E-state index is 0.325. The van der Waals surface area contributed by atoms with Gasteiger partial charge < -0.3 is 5.11 Å². The molecule has 2 heteroatoms. The minimum Gasteiger partial charge on any atom is -0.388 e. The van der Waals surface area contributed by atoms with Crippen molar-refractivity contribution in [3.05, 3.63) is 33.3 Å². The fraction of sp³-hybridized carbons (Fsp3) is 0.571. The van der Waals surface area contributed by atoms with Gasteiger partial charge >= 0.3 is 0 Å². The van der Waals surface area contributed by atoms with Gasteiger partial charge in [0.25, 0.3) is 0 Å². The third-order valence-corrected chi connectivity index (χ3v) is 3.78. The zero-order chi connectivity index (χ0) is 12.3. The van der Waals surface area contributed by atoms with Gasteiger partial charge in [-0.2, -0.15) is 0 Å². The van der Waals surface area contributed by atoms with Gasteiger partial charge in [0.05, 0.1) is 6.10 Å². The van der Waals surface area contributed by atoms with Crippen LogP contribution in [0.3, 0.4) is 0 Å². The predicted molar refractivity (Wildman–Crippen MR) is 72.6 cm³/mol. The lowest BCUT2D eigenvalue weighted by molar-refractivity contribution is 0.158. The zero-order valence-electron chi connectivity index (χ0n) is 10.5. The summed E-state index contributed by atoms with van der Waals surface area (Å²) in [6.07, 6.45) is 1.59. The number of aryl methyl sites for hydroxylation is 2. The maximum Gasteiger partial charge on any atom is 0.0792 e. The number of halogens is 1. The molecule has 0 aliphatic heterocycles. The van der Waals surface area contributed by atoms with E-state index in [0.29, 0.717) is 5.92 Å². The van der Waals surface area contributed by atoms with Gasteiger partial charge in [-0.05, 0) is 55.4 Å². The largest absolute Gasteiger partial charge is 0.388 e. The van der Waals surface area contributed by atoms with Crippen molar-refractivity contribution in [2.45, 2.75) is 46.6 Å². The molecule has 16 heavy (non-hydrogen) atoms. The standard InChI is InChI=1S/C14H21BrO/c1-9(2)5-6-14(16)12-7-11(4)13(15)8-10(12)3/h7-9,14,16H,5-6H2,1-4H3. The van der Waals surface area contributed by atoms with E-state index in [-0.39, 0.29) is 6.10 Å². The normalized spacial score (nSPS) is 13.2. The van der Waals surface area contributed by atoms with Crippen molar-refractivity contribution in [2.75, 3.05) is 0 Å². The second-order valence-electron chi connectivity index (χ2n) is 4.94. The van der Waals surface area contributed by atoms with Crippen molar-refractivity contribution >= 4 is 15.9 Å². The highest BCUT2D eigenvalue weighted by Crippen LogP contribution is 2.28. The van der Waals surface area contributed by atoms with Gasteiger partial charge in [-0.25, -0.2) is 0 Å². The number of aliphatic hydroxyl groups is 1. The first-order valence-corrected chi connectivity index (χ1v) is 6.65. The van der Waals surface area contributed by atoms with E-state index in [1.165, 1.54) is 5.56 Å². The molecule has 0 aromatic heterocycles. The first-order valence-electron chi connectivity index (χ1n) is 5.86. The Kier molecular flexibility index (Phi) is 5.00. The highest BCUT2D eigenvalue weighted by molar-refractivity contribution is 9.10. The molecule has 0 aliphatic carbocycles. The molecule has 1 unspecified atom stereocenters. The monoisotopic (exact) mass is 284 g/mol. The Labute approximate surface area is 107 Å². The van der Waals surface area contributed by atoms with E-state index in [0.717, 1.165) is 28.4 Å². The molecule has 1 atom stereocenters. The molecular formula is C14H21BrO. The Morgan fingerprint density at radius 1 is 1.12 bits per heavy atom. The summed E-state index contributed by atoms with van der Waals surface area (Å²) in [5, 5.41) is 10.2. The van der Waals surface area contributed by atoms with E-state index < -0.39 is 0 Å². The van der Waals surface area contributed by atoms with Gasteiger partial charge in [0, 0.05) is 4.47 Å². The number of benzene rings is 1. The maximum atomic E-state index is 10.2. The fourth-order valence-electron chi connectivity index (χ4n) is 1.81. The number of rotatable bonds is 4. The Hall–Kier alpha value is -0.340. The first kappa shape index (κ1) is 13.7. The molecule has 0 saturated heterocycles. The van der Waals surface area contributed by atoms with Crippen LogP contribution in [-0.4, -0.2) is 5.11 Å². The molecule has 0 fully saturated rings. The summed E-state index contributed by atoms with van der Waals surface area (Å²) in [5.74, 6) is 0.645. The minimum atomic E-state index is -0.325. The predicted octanol–water partition coefficient (Wildman–Crippen LogP) is 4.54. The van der Waals surface area contributed by atoms with Crippen LogP contribution in [0.25, 0.3) is 0 Å². The fourth-order valence-corrected chi connectivity index (χ4v) is 2.27. The zero-order valence-corrected chi connectivity index (χ0v) is 12.1. The van der Waals surface area contributed by atoms with Crippen LogP contribution in [0.1, 0.15) is 49.5 Å². The molecule has 1 aromatic carbocycles. The molecule has 0 amide bonds. The van der Waals surface area contributed by atoms with Gasteiger partial charge in [-0.3, -0.25) is 0 Å². The van der Waals surface area contributed by atoms with Crippen LogP contribution in [-0.2, 0) is 0 Å². The lowest BCUT2D eigenvalue weighted by Crippen LogP contribution is -2.03. The van der Waals surface area contributed by atoms with Gasteiger partial charge in [-0.15, -0.1) is 0 Å². The quantitative estimate of drug-likeness (QED) is 0.861. The molecule has 1 rings (SSSR count). The van der Waals surface area contributed by atoms with E-state index in [1.807, 2.05) is 0 Å². The highest BCUT2D eigenvalue weighted by Gasteiger charge is 2.12. The third kappa shape index (κ3) is 3.60. The first-order chi connectivity index (χ1) is 7.41. The molecular weight excluding hydrogens is 264 g/mol.